The van der Waals surface area contributed by atoms with Gasteiger partial charge in [-0.25, -0.2) is 5.01 Å². The van der Waals surface area contributed by atoms with Gasteiger partial charge in [0.2, 0.25) is 0 Å². The van der Waals surface area contributed by atoms with Crippen molar-refractivity contribution in [1.82, 2.24) is 25.1 Å². The molecule has 0 radical (unpaired) electrons. The van der Waals surface area contributed by atoms with Crippen molar-refractivity contribution < 1.29 is 24.0 Å². The molecule has 1 aliphatic heterocycles. The molecule has 0 aliphatic carbocycles. The molecule has 0 saturated heterocycles. The van der Waals surface area contributed by atoms with Gasteiger partial charge < -0.3 is 19.4 Å². The fourth-order valence-corrected chi connectivity index (χ4v) is 6.39. The molecule has 228 valence electrons. The van der Waals surface area contributed by atoms with E-state index in [9.17, 15) is 19.7 Å². The maximum atomic E-state index is 13.6. The number of hydrogen-bond acceptors (Lipinski definition) is 11. The SMILES string of the molecule is COc1cccc([C@@H]2CC(c3cccs3)=NN2C(=O)CSc2nnc(CNC(=O)c3cccc([N+](=O)[O-])c3C)n2C)c1OC. The van der Waals surface area contributed by atoms with Crippen LogP contribution in [0, 0.1) is 17.0 Å². The topological polar surface area (TPSA) is 154 Å². The molecule has 4 aromatic rings. The maximum absolute atomic E-state index is 13.6. The van der Waals surface area contributed by atoms with Crippen LogP contribution in [0.15, 0.2) is 64.2 Å². The van der Waals surface area contributed by atoms with Gasteiger partial charge in [-0.3, -0.25) is 19.7 Å². The molecule has 0 saturated carbocycles. The summed E-state index contributed by atoms with van der Waals surface area (Å²) in [7, 11) is 4.87. The number of amides is 2. The summed E-state index contributed by atoms with van der Waals surface area (Å²) in [5, 5.41) is 31.0. The molecule has 0 spiro atoms. The van der Waals surface area contributed by atoms with Crippen LogP contribution < -0.4 is 14.8 Å². The Kier molecular flexibility index (Phi) is 9.25. The van der Waals surface area contributed by atoms with Crippen LogP contribution in [0.2, 0.25) is 0 Å². The number of hydrazone groups is 1. The molecule has 1 atom stereocenters. The lowest BCUT2D eigenvalue weighted by Gasteiger charge is -2.24. The fourth-order valence-electron chi connectivity index (χ4n) is 4.89. The number of methoxy groups -OCH3 is 2. The number of carbonyl (C=O) groups excluding carboxylic acids is 2. The summed E-state index contributed by atoms with van der Waals surface area (Å²) < 4.78 is 12.9. The van der Waals surface area contributed by atoms with Crippen molar-refractivity contribution in [1.29, 1.82) is 0 Å². The number of nitrogens with one attached hydrogen (secondary N) is 1. The van der Waals surface area contributed by atoms with Crippen molar-refractivity contribution in [3.8, 4) is 11.5 Å². The maximum Gasteiger partial charge on any atom is 0.273 e. The molecule has 3 heterocycles. The van der Waals surface area contributed by atoms with Crippen LogP contribution in [0.25, 0.3) is 0 Å². The van der Waals surface area contributed by atoms with Gasteiger partial charge in [0.1, 0.15) is 0 Å². The number of nitro benzene ring substituents is 1. The van der Waals surface area contributed by atoms with Crippen molar-refractivity contribution >= 4 is 46.3 Å². The Balaban J connectivity index is 1.29. The summed E-state index contributed by atoms with van der Waals surface area (Å²) in [4.78, 5) is 38.1. The Labute approximate surface area is 261 Å². The molecule has 15 heteroatoms. The predicted molar refractivity (Wildman–Crippen MR) is 165 cm³/mol. The van der Waals surface area contributed by atoms with E-state index >= 15 is 0 Å². The smallest absolute Gasteiger partial charge is 0.273 e. The number of hydrogen-bond donors (Lipinski definition) is 1. The van der Waals surface area contributed by atoms with Crippen LogP contribution in [0.4, 0.5) is 5.69 Å². The minimum atomic E-state index is -0.522. The number of thioether (sulfide) groups is 1. The molecule has 13 nitrogen and oxygen atoms in total. The van der Waals surface area contributed by atoms with E-state index in [0.29, 0.717) is 28.9 Å². The van der Waals surface area contributed by atoms with Gasteiger partial charge >= 0.3 is 0 Å². The standard InChI is InChI=1S/C29H29N7O6S2/c1-17-18(8-5-10-21(17)36(39)40)28(38)30-15-25-31-32-29(34(25)2)44-16-26(37)35-22(14-20(33-35)24-12-7-13-43-24)19-9-6-11-23(41-3)27(19)42-4/h5-13,22H,14-16H2,1-4H3,(H,30,38)/t22-/m0/s1. The number of aromatic nitrogens is 3. The Morgan fingerprint density at radius 3 is 2.64 bits per heavy atom. The first-order valence-corrected chi connectivity index (χ1v) is 15.3. The molecule has 2 aromatic heterocycles. The lowest BCUT2D eigenvalue weighted by molar-refractivity contribution is -0.385. The zero-order chi connectivity index (χ0) is 31.4. The van der Waals surface area contributed by atoms with Gasteiger partial charge in [0.05, 0.1) is 48.1 Å². The van der Waals surface area contributed by atoms with Gasteiger partial charge in [0.25, 0.3) is 17.5 Å². The van der Waals surface area contributed by atoms with E-state index in [-0.39, 0.29) is 35.0 Å². The average molecular weight is 636 g/mol. The predicted octanol–water partition coefficient (Wildman–Crippen LogP) is 4.51. The first-order valence-electron chi connectivity index (χ1n) is 13.4. The molecule has 5 rings (SSSR count). The summed E-state index contributed by atoms with van der Waals surface area (Å²) in [6, 6.07) is 13.5. The third kappa shape index (κ3) is 6.14. The number of ether oxygens (including phenoxy) is 2. The molecular weight excluding hydrogens is 606 g/mol. The van der Waals surface area contributed by atoms with Gasteiger partial charge in [-0.1, -0.05) is 36.0 Å². The lowest BCUT2D eigenvalue weighted by Crippen LogP contribution is -2.29. The number of benzene rings is 2. The van der Waals surface area contributed by atoms with Crippen molar-refractivity contribution in [3.05, 3.63) is 91.4 Å². The molecule has 44 heavy (non-hydrogen) atoms. The van der Waals surface area contributed by atoms with E-state index in [2.05, 4.69) is 15.5 Å². The number of nitrogens with zero attached hydrogens (tertiary/aromatic N) is 6. The number of carbonyl (C=O) groups is 2. The van der Waals surface area contributed by atoms with Gasteiger partial charge in [-0.15, -0.1) is 21.5 Å². The highest BCUT2D eigenvalue weighted by Gasteiger charge is 2.36. The number of rotatable bonds is 11. The fraction of sp³-hybridized carbons (Fsp3) is 0.276. The minimum Gasteiger partial charge on any atom is -0.493 e. The van der Waals surface area contributed by atoms with Crippen LogP contribution in [0.3, 0.4) is 0 Å². The van der Waals surface area contributed by atoms with E-state index in [4.69, 9.17) is 14.6 Å². The van der Waals surface area contributed by atoms with Crippen LogP contribution >= 0.6 is 23.1 Å². The van der Waals surface area contributed by atoms with E-state index in [1.165, 1.54) is 41.9 Å². The molecule has 2 aromatic carbocycles. The van der Waals surface area contributed by atoms with Crippen LogP contribution in [-0.4, -0.2) is 62.2 Å². The van der Waals surface area contributed by atoms with Crippen molar-refractivity contribution in [2.75, 3.05) is 20.0 Å². The van der Waals surface area contributed by atoms with E-state index in [1.54, 1.807) is 43.2 Å². The number of para-hydroxylation sites is 1. The monoisotopic (exact) mass is 635 g/mol. The summed E-state index contributed by atoms with van der Waals surface area (Å²) in [6.07, 6.45) is 0.512. The molecule has 1 N–H and O–H groups in total. The van der Waals surface area contributed by atoms with Crippen LogP contribution in [-0.2, 0) is 18.4 Å². The Hall–Kier alpha value is -4.76. The zero-order valence-corrected chi connectivity index (χ0v) is 26.0. The largest absolute Gasteiger partial charge is 0.493 e. The number of nitro groups is 1. The minimum absolute atomic E-state index is 0.0369. The van der Waals surface area contributed by atoms with Gasteiger partial charge in [-0.05, 0) is 30.5 Å². The zero-order valence-electron chi connectivity index (χ0n) is 24.3. The molecule has 0 unspecified atom stereocenters. The second-order valence-electron chi connectivity index (χ2n) is 9.70. The Bertz CT molecular complexity index is 1740. The normalized spacial score (nSPS) is 14.3. The Morgan fingerprint density at radius 1 is 1.14 bits per heavy atom. The molecule has 1 aliphatic rings. The molecule has 0 fully saturated rings. The highest BCUT2D eigenvalue weighted by atomic mass is 32.2. The highest BCUT2D eigenvalue weighted by Crippen LogP contribution is 2.42. The van der Waals surface area contributed by atoms with Gasteiger partial charge in [0.15, 0.2) is 22.5 Å². The third-order valence-electron chi connectivity index (χ3n) is 7.17. The quantitative estimate of drug-likeness (QED) is 0.142. The molecule has 0 bridgehead atoms. The van der Waals surface area contributed by atoms with Crippen molar-refractivity contribution in [3.63, 3.8) is 0 Å². The molecule has 2 amide bonds. The lowest BCUT2D eigenvalue weighted by atomic mass is 9.99. The summed E-state index contributed by atoms with van der Waals surface area (Å²) in [6.45, 7) is 1.57. The second-order valence-corrected chi connectivity index (χ2v) is 11.6. The third-order valence-corrected chi connectivity index (χ3v) is 9.09. The first kappa shape index (κ1) is 30.7. The second kappa shape index (κ2) is 13.3. The van der Waals surface area contributed by atoms with Crippen LogP contribution in [0.1, 0.15) is 44.6 Å². The average Bonchev–Trinajstić information content (AvgIpc) is 3.79. The summed E-state index contributed by atoms with van der Waals surface area (Å²) >= 11 is 2.76. The van der Waals surface area contributed by atoms with Gasteiger partial charge in [0, 0.05) is 36.2 Å². The molecular formula is C29H29N7O6S2. The summed E-state index contributed by atoms with van der Waals surface area (Å²) in [5.41, 5.74) is 1.95. The first-order chi connectivity index (χ1) is 21.2. The van der Waals surface area contributed by atoms with Crippen LogP contribution in [0.5, 0.6) is 11.5 Å². The van der Waals surface area contributed by atoms with Crippen molar-refractivity contribution in [2.45, 2.75) is 31.1 Å². The summed E-state index contributed by atoms with van der Waals surface area (Å²) in [5.74, 6) is 0.912. The van der Waals surface area contributed by atoms with E-state index in [0.717, 1.165) is 16.2 Å². The van der Waals surface area contributed by atoms with Gasteiger partial charge in [-0.2, -0.15) is 5.10 Å². The van der Waals surface area contributed by atoms with E-state index < -0.39 is 16.9 Å². The number of thiophene rings is 1. The van der Waals surface area contributed by atoms with E-state index in [1.807, 2.05) is 29.6 Å². The van der Waals surface area contributed by atoms with Crippen molar-refractivity contribution in [2.24, 2.45) is 12.1 Å². The Morgan fingerprint density at radius 2 is 1.93 bits per heavy atom. The highest BCUT2D eigenvalue weighted by molar-refractivity contribution is 7.99.